The minimum absolute atomic E-state index is 0.353. The number of anilines is 1. The van der Waals surface area contributed by atoms with E-state index < -0.39 is 10.0 Å². The van der Waals surface area contributed by atoms with Crippen molar-refractivity contribution >= 4 is 15.7 Å². The number of hydrogen-bond acceptors (Lipinski definition) is 3. The molecule has 4 nitrogen and oxygen atoms in total. The largest absolute Gasteiger partial charge is 0.493 e. The van der Waals surface area contributed by atoms with Crippen molar-refractivity contribution < 1.29 is 13.2 Å². The summed E-state index contributed by atoms with van der Waals surface area (Å²) in [5.41, 5.74) is 2.89. The molecule has 0 N–H and O–H groups in total. The molecule has 23 heavy (non-hydrogen) atoms. The van der Waals surface area contributed by atoms with Crippen LogP contribution in [0.15, 0.2) is 47.4 Å². The van der Waals surface area contributed by atoms with Gasteiger partial charge in [0.05, 0.1) is 17.2 Å². The van der Waals surface area contributed by atoms with Crippen molar-refractivity contribution in [3.8, 4) is 5.75 Å². The highest BCUT2D eigenvalue weighted by Gasteiger charge is 2.32. The van der Waals surface area contributed by atoms with Gasteiger partial charge in [-0.05, 0) is 47.7 Å². The summed E-state index contributed by atoms with van der Waals surface area (Å²) in [6.45, 7) is 3.30. The lowest BCUT2D eigenvalue weighted by Gasteiger charge is -2.33. The summed E-state index contributed by atoms with van der Waals surface area (Å²) in [4.78, 5) is 0.353. The van der Waals surface area contributed by atoms with Crippen LogP contribution in [-0.4, -0.2) is 21.6 Å². The van der Waals surface area contributed by atoms with E-state index in [2.05, 4.69) is 6.92 Å². The van der Waals surface area contributed by atoms with Crippen molar-refractivity contribution in [1.82, 2.24) is 0 Å². The van der Waals surface area contributed by atoms with Crippen molar-refractivity contribution in [3.05, 3.63) is 53.6 Å². The molecule has 0 aromatic heterocycles. The van der Waals surface area contributed by atoms with Crippen LogP contribution in [0.1, 0.15) is 30.4 Å². The summed E-state index contributed by atoms with van der Waals surface area (Å²) in [7, 11) is -3.54. The number of ether oxygens (including phenoxy) is 1. The maximum Gasteiger partial charge on any atom is 0.264 e. The van der Waals surface area contributed by atoms with Crippen LogP contribution in [0, 0.1) is 0 Å². The summed E-state index contributed by atoms with van der Waals surface area (Å²) >= 11 is 0. The topological polar surface area (TPSA) is 46.6 Å². The number of rotatable bonds is 2. The van der Waals surface area contributed by atoms with Crippen LogP contribution in [0.5, 0.6) is 5.75 Å². The molecule has 2 aromatic rings. The third kappa shape index (κ3) is 2.30. The predicted octanol–water partition coefficient (Wildman–Crippen LogP) is 3.32. The Bertz CT molecular complexity index is 860. The SMILES string of the molecule is C[C@@H]1CCN(S(=O)(=O)c2ccc3c(c2)CCO3)c2ccccc21. The second-order valence-corrected chi connectivity index (χ2v) is 8.06. The Balaban J connectivity index is 1.79. The molecule has 1 atom stereocenters. The van der Waals surface area contributed by atoms with Crippen LogP contribution in [0.2, 0.25) is 0 Å². The van der Waals surface area contributed by atoms with Gasteiger partial charge in [0.2, 0.25) is 0 Å². The first kappa shape index (κ1) is 14.6. The van der Waals surface area contributed by atoms with Crippen LogP contribution < -0.4 is 9.04 Å². The highest BCUT2D eigenvalue weighted by atomic mass is 32.2. The molecule has 0 radical (unpaired) electrons. The van der Waals surface area contributed by atoms with Crippen molar-refractivity contribution in [2.24, 2.45) is 0 Å². The van der Waals surface area contributed by atoms with Crippen molar-refractivity contribution in [3.63, 3.8) is 0 Å². The van der Waals surface area contributed by atoms with Gasteiger partial charge in [-0.15, -0.1) is 0 Å². The van der Waals surface area contributed by atoms with E-state index in [0.717, 1.165) is 35.4 Å². The molecule has 0 unspecified atom stereocenters. The van der Waals surface area contributed by atoms with E-state index >= 15 is 0 Å². The third-order valence-corrected chi connectivity index (χ3v) is 6.56. The summed E-state index contributed by atoms with van der Waals surface area (Å²) in [5, 5.41) is 0. The van der Waals surface area contributed by atoms with Gasteiger partial charge in [-0.25, -0.2) is 8.42 Å². The first-order valence-corrected chi connectivity index (χ1v) is 9.39. The van der Waals surface area contributed by atoms with Gasteiger partial charge in [-0.3, -0.25) is 4.31 Å². The highest BCUT2D eigenvalue weighted by molar-refractivity contribution is 7.92. The number of para-hydroxylation sites is 1. The molecule has 2 heterocycles. The summed E-state index contributed by atoms with van der Waals surface area (Å²) in [6.07, 6.45) is 1.61. The molecular formula is C18H19NO3S. The first-order chi connectivity index (χ1) is 11.1. The maximum atomic E-state index is 13.1. The average Bonchev–Trinajstić information content (AvgIpc) is 3.03. The molecule has 2 aliphatic rings. The number of nitrogens with zero attached hydrogens (tertiary/aromatic N) is 1. The fourth-order valence-electron chi connectivity index (χ4n) is 3.42. The Kier molecular flexibility index (Phi) is 3.34. The standard InChI is InChI=1S/C18H19NO3S/c1-13-8-10-19(17-5-3-2-4-16(13)17)23(20,21)15-6-7-18-14(12-15)9-11-22-18/h2-7,12-13H,8-11H2,1H3/t13-/m1/s1. The van der Waals surface area contributed by atoms with E-state index in [1.807, 2.05) is 24.3 Å². The van der Waals surface area contributed by atoms with Gasteiger partial charge in [0.25, 0.3) is 10.0 Å². The Morgan fingerprint density at radius 1 is 1.17 bits per heavy atom. The van der Waals surface area contributed by atoms with E-state index in [1.54, 1.807) is 22.5 Å². The van der Waals surface area contributed by atoms with Gasteiger partial charge >= 0.3 is 0 Å². The maximum absolute atomic E-state index is 13.1. The zero-order valence-corrected chi connectivity index (χ0v) is 13.8. The van der Waals surface area contributed by atoms with Crippen LogP contribution in [0.25, 0.3) is 0 Å². The Morgan fingerprint density at radius 3 is 2.87 bits per heavy atom. The smallest absolute Gasteiger partial charge is 0.264 e. The van der Waals surface area contributed by atoms with Gasteiger partial charge < -0.3 is 4.74 Å². The molecule has 2 aromatic carbocycles. The van der Waals surface area contributed by atoms with Gasteiger partial charge in [0.1, 0.15) is 5.75 Å². The van der Waals surface area contributed by atoms with E-state index in [-0.39, 0.29) is 0 Å². The molecule has 5 heteroatoms. The predicted molar refractivity (Wildman–Crippen MR) is 89.6 cm³/mol. The normalized spacial score (nSPS) is 19.9. The van der Waals surface area contributed by atoms with Crippen LogP contribution in [0.3, 0.4) is 0 Å². The zero-order valence-electron chi connectivity index (χ0n) is 13.0. The Hall–Kier alpha value is -2.01. The van der Waals surface area contributed by atoms with E-state index in [4.69, 9.17) is 4.74 Å². The fourth-order valence-corrected chi connectivity index (χ4v) is 4.98. The van der Waals surface area contributed by atoms with Crippen molar-refractivity contribution in [1.29, 1.82) is 0 Å². The van der Waals surface area contributed by atoms with Crippen LogP contribution >= 0.6 is 0 Å². The summed E-state index contributed by atoms with van der Waals surface area (Å²) in [5.74, 6) is 1.18. The minimum atomic E-state index is -3.54. The number of hydrogen-bond donors (Lipinski definition) is 0. The highest BCUT2D eigenvalue weighted by Crippen LogP contribution is 2.38. The molecule has 120 valence electrons. The lowest BCUT2D eigenvalue weighted by atomic mass is 9.93. The Morgan fingerprint density at radius 2 is 2.00 bits per heavy atom. The molecule has 0 saturated carbocycles. The van der Waals surface area contributed by atoms with E-state index in [0.29, 0.717) is 24.0 Å². The Labute approximate surface area is 136 Å². The second-order valence-electron chi connectivity index (χ2n) is 6.19. The second kappa shape index (κ2) is 5.27. The fraction of sp³-hybridized carbons (Fsp3) is 0.333. The van der Waals surface area contributed by atoms with Gasteiger partial charge in [0.15, 0.2) is 0 Å². The minimum Gasteiger partial charge on any atom is -0.493 e. The monoisotopic (exact) mass is 329 g/mol. The molecule has 0 aliphatic carbocycles. The lowest BCUT2D eigenvalue weighted by molar-refractivity contribution is 0.356. The average molecular weight is 329 g/mol. The number of sulfonamides is 1. The molecule has 0 bridgehead atoms. The molecular weight excluding hydrogens is 310 g/mol. The molecule has 0 spiro atoms. The van der Waals surface area contributed by atoms with E-state index in [1.165, 1.54) is 0 Å². The quantitative estimate of drug-likeness (QED) is 0.849. The van der Waals surface area contributed by atoms with Gasteiger partial charge in [-0.1, -0.05) is 25.1 Å². The lowest BCUT2D eigenvalue weighted by Crippen LogP contribution is -2.36. The zero-order chi connectivity index (χ0) is 16.0. The van der Waals surface area contributed by atoms with Crippen molar-refractivity contribution in [2.45, 2.75) is 30.6 Å². The van der Waals surface area contributed by atoms with Crippen LogP contribution in [0.4, 0.5) is 5.69 Å². The molecule has 0 saturated heterocycles. The van der Waals surface area contributed by atoms with Gasteiger partial charge in [-0.2, -0.15) is 0 Å². The first-order valence-electron chi connectivity index (χ1n) is 7.95. The molecule has 2 aliphatic heterocycles. The molecule has 0 fully saturated rings. The third-order valence-electron chi connectivity index (χ3n) is 4.75. The number of fused-ring (bicyclic) bond motifs is 2. The molecule has 0 amide bonds. The van der Waals surface area contributed by atoms with E-state index in [9.17, 15) is 8.42 Å². The molecule has 4 rings (SSSR count). The van der Waals surface area contributed by atoms with Crippen LogP contribution in [-0.2, 0) is 16.4 Å². The van der Waals surface area contributed by atoms with Crippen molar-refractivity contribution in [2.75, 3.05) is 17.5 Å². The summed E-state index contributed by atoms with van der Waals surface area (Å²) < 4.78 is 33.3. The van der Waals surface area contributed by atoms with Gasteiger partial charge in [0, 0.05) is 13.0 Å². The summed E-state index contributed by atoms with van der Waals surface area (Å²) in [6, 6.07) is 13.0. The number of benzene rings is 2.